The van der Waals surface area contributed by atoms with Crippen LogP contribution in [0.5, 0.6) is 0 Å². The summed E-state index contributed by atoms with van der Waals surface area (Å²) in [6.07, 6.45) is 0.742. The smallest absolute Gasteiger partial charge is 0.230 e. The Morgan fingerprint density at radius 3 is 2.41 bits per heavy atom. The fourth-order valence-electron chi connectivity index (χ4n) is 1.86. The van der Waals surface area contributed by atoms with Crippen LogP contribution in [0.1, 0.15) is 32.4 Å². The van der Waals surface area contributed by atoms with E-state index in [4.69, 9.17) is 5.73 Å². The molecule has 17 heavy (non-hydrogen) atoms. The molecule has 0 atom stereocenters. The molecule has 0 spiro atoms. The first-order valence-electron chi connectivity index (χ1n) is 5.29. The SMILES string of the molecule is CC1(C)CC(=O)N(Cc2nnsc2N)C(=O)C1. The van der Waals surface area contributed by atoms with Gasteiger partial charge in [-0.15, -0.1) is 5.10 Å². The number of hydrogen-bond acceptors (Lipinski definition) is 6. The summed E-state index contributed by atoms with van der Waals surface area (Å²) in [7, 11) is 0. The quantitative estimate of drug-likeness (QED) is 0.788. The topological polar surface area (TPSA) is 89.2 Å². The highest BCUT2D eigenvalue weighted by Crippen LogP contribution is 2.32. The molecule has 92 valence electrons. The molecule has 0 radical (unpaired) electrons. The van der Waals surface area contributed by atoms with Crippen molar-refractivity contribution in [1.82, 2.24) is 14.5 Å². The molecule has 1 aromatic heterocycles. The first kappa shape index (κ1) is 12.0. The monoisotopic (exact) mass is 254 g/mol. The number of hydrogen-bond donors (Lipinski definition) is 1. The Balaban J connectivity index is 2.15. The molecule has 1 aliphatic heterocycles. The van der Waals surface area contributed by atoms with Gasteiger partial charge in [0.15, 0.2) is 0 Å². The van der Waals surface area contributed by atoms with Crippen molar-refractivity contribution in [3.05, 3.63) is 5.69 Å². The predicted octanol–water partition coefficient (Wildman–Crippen LogP) is 0.795. The maximum atomic E-state index is 11.9. The molecule has 1 aromatic rings. The van der Waals surface area contributed by atoms with Gasteiger partial charge >= 0.3 is 0 Å². The fourth-order valence-corrected chi connectivity index (χ4v) is 2.30. The van der Waals surface area contributed by atoms with Crippen LogP contribution in [0.2, 0.25) is 0 Å². The minimum atomic E-state index is -0.253. The molecular weight excluding hydrogens is 240 g/mol. The lowest BCUT2D eigenvalue weighted by atomic mass is 9.82. The van der Waals surface area contributed by atoms with Crippen molar-refractivity contribution in [3.8, 4) is 0 Å². The molecule has 0 saturated carbocycles. The van der Waals surface area contributed by atoms with E-state index in [9.17, 15) is 9.59 Å². The lowest BCUT2D eigenvalue weighted by Gasteiger charge is -2.34. The van der Waals surface area contributed by atoms with Crippen molar-refractivity contribution in [2.75, 3.05) is 5.73 Å². The summed E-state index contributed by atoms with van der Waals surface area (Å²) in [4.78, 5) is 25.0. The highest BCUT2D eigenvalue weighted by molar-refractivity contribution is 7.09. The number of imide groups is 1. The number of likely N-dealkylation sites (tertiary alicyclic amines) is 1. The van der Waals surface area contributed by atoms with Crippen molar-refractivity contribution < 1.29 is 9.59 Å². The molecule has 7 heteroatoms. The summed E-state index contributed by atoms with van der Waals surface area (Å²) >= 11 is 1.06. The number of amides is 2. The molecule has 1 aliphatic rings. The van der Waals surface area contributed by atoms with Crippen LogP contribution >= 0.6 is 11.5 Å². The molecule has 1 saturated heterocycles. The summed E-state index contributed by atoms with van der Waals surface area (Å²) < 4.78 is 3.68. The second-order valence-electron chi connectivity index (χ2n) is 4.98. The zero-order valence-electron chi connectivity index (χ0n) is 9.77. The van der Waals surface area contributed by atoms with Crippen LogP contribution in [0.4, 0.5) is 5.00 Å². The van der Waals surface area contributed by atoms with Crippen molar-refractivity contribution in [1.29, 1.82) is 0 Å². The Morgan fingerprint density at radius 2 is 1.94 bits per heavy atom. The maximum Gasteiger partial charge on any atom is 0.230 e. The van der Waals surface area contributed by atoms with Crippen molar-refractivity contribution in [3.63, 3.8) is 0 Å². The van der Waals surface area contributed by atoms with Gasteiger partial charge in [0, 0.05) is 24.4 Å². The van der Waals surface area contributed by atoms with Gasteiger partial charge in [-0.2, -0.15) is 0 Å². The van der Waals surface area contributed by atoms with Gasteiger partial charge < -0.3 is 5.73 Å². The average Bonchev–Trinajstić information content (AvgIpc) is 2.56. The van der Waals surface area contributed by atoms with E-state index in [1.807, 2.05) is 13.8 Å². The summed E-state index contributed by atoms with van der Waals surface area (Å²) in [5.41, 5.74) is 5.89. The lowest BCUT2D eigenvalue weighted by Crippen LogP contribution is -2.45. The Kier molecular flexibility index (Phi) is 2.86. The molecule has 0 aliphatic carbocycles. The van der Waals surface area contributed by atoms with Gasteiger partial charge in [-0.1, -0.05) is 18.3 Å². The van der Waals surface area contributed by atoms with E-state index >= 15 is 0 Å². The maximum absolute atomic E-state index is 11.9. The molecule has 0 bridgehead atoms. The molecule has 0 unspecified atom stereocenters. The molecule has 2 rings (SSSR count). The third-order valence-corrected chi connectivity index (χ3v) is 3.35. The van der Waals surface area contributed by atoms with Crippen LogP contribution in [-0.2, 0) is 16.1 Å². The molecular formula is C10H14N4O2S. The van der Waals surface area contributed by atoms with Crippen LogP contribution < -0.4 is 5.73 Å². The number of carbonyl (C=O) groups is 2. The second kappa shape index (κ2) is 4.06. The highest BCUT2D eigenvalue weighted by Gasteiger charge is 2.37. The standard InChI is InChI=1S/C10H14N4O2S/c1-10(2)3-7(15)14(8(16)4-10)5-6-9(11)17-13-12-6/h3-5,11H2,1-2H3. The zero-order valence-corrected chi connectivity index (χ0v) is 10.6. The van der Waals surface area contributed by atoms with Crippen LogP contribution in [0.3, 0.4) is 0 Å². The van der Waals surface area contributed by atoms with Gasteiger partial charge in [-0.3, -0.25) is 14.5 Å². The fraction of sp³-hybridized carbons (Fsp3) is 0.600. The number of rotatable bonds is 2. The lowest BCUT2D eigenvalue weighted by molar-refractivity contribution is -0.153. The van der Waals surface area contributed by atoms with Crippen LogP contribution in [0.25, 0.3) is 0 Å². The normalized spacial score (nSPS) is 19.8. The van der Waals surface area contributed by atoms with Crippen LogP contribution in [0.15, 0.2) is 0 Å². The molecule has 6 nitrogen and oxygen atoms in total. The number of nitrogens with zero attached hydrogens (tertiary/aromatic N) is 3. The minimum absolute atomic E-state index is 0.135. The van der Waals surface area contributed by atoms with Gasteiger partial charge in [-0.25, -0.2) is 0 Å². The summed E-state index contributed by atoms with van der Waals surface area (Å²) in [5.74, 6) is -0.336. The van der Waals surface area contributed by atoms with E-state index in [1.165, 1.54) is 4.90 Å². The highest BCUT2D eigenvalue weighted by atomic mass is 32.1. The van der Waals surface area contributed by atoms with Gasteiger partial charge in [0.2, 0.25) is 11.8 Å². The first-order chi connectivity index (χ1) is 7.89. The Morgan fingerprint density at radius 1 is 1.35 bits per heavy atom. The van der Waals surface area contributed by atoms with Crippen molar-refractivity contribution in [2.24, 2.45) is 5.41 Å². The van der Waals surface area contributed by atoms with E-state index in [1.54, 1.807) is 0 Å². The largest absolute Gasteiger partial charge is 0.388 e. The van der Waals surface area contributed by atoms with Gasteiger partial charge in [0.1, 0.15) is 10.7 Å². The van der Waals surface area contributed by atoms with Gasteiger partial charge in [0.25, 0.3) is 0 Å². The Bertz CT molecular complexity index is 449. The third kappa shape index (κ3) is 2.44. The number of nitrogens with two attached hydrogens (primary N) is 1. The number of piperidine rings is 1. The number of carbonyl (C=O) groups excluding carboxylic acids is 2. The number of anilines is 1. The second-order valence-corrected chi connectivity index (χ2v) is 5.76. The summed E-state index contributed by atoms with van der Waals surface area (Å²) in [6, 6.07) is 0. The van der Waals surface area contributed by atoms with E-state index < -0.39 is 0 Å². The summed E-state index contributed by atoms with van der Waals surface area (Å²) in [5, 5.41) is 4.27. The van der Waals surface area contributed by atoms with Crippen molar-refractivity contribution >= 4 is 28.3 Å². The van der Waals surface area contributed by atoms with E-state index in [0.29, 0.717) is 23.5 Å². The molecule has 0 aromatic carbocycles. The molecule has 2 N–H and O–H groups in total. The first-order valence-corrected chi connectivity index (χ1v) is 6.06. The summed E-state index contributed by atoms with van der Waals surface area (Å²) in [6.45, 7) is 3.97. The Hall–Kier alpha value is -1.50. The predicted molar refractivity (Wildman–Crippen MR) is 62.9 cm³/mol. The average molecular weight is 254 g/mol. The number of nitrogen functional groups attached to an aromatic ring is 1. The van der Waals surface area contributed by atoms with Gasteiger partial charge in [0.05, 0.1) is 6.54 Å². The Labute approximate surface area is 103 Å². The van der Waals surface area contributed by atoms with Gasteiger partial charge in [-0.05, 0) is 5.41 Å². The van der Waals surface area contributed by atoms with E-state index in [2.05, 4.69) is 9.59 Å². The molecule has 1 fully saturated rings. The molecule has 2 heterocycles. The minimum Gasteiger partial charge on any atom is -0.388 e. The van der Waals surface area contributed by atoms with E-state index in [0.717, 1.165) is 11.5 Å². The van der Waals surface area contributed by atoms with Crippen molar-refractivity contribution in [2.45, 2.75) is 33.2 Å². The van der Waals surface area contributed by atoms with Crippen LogP contribution in [-0.4, -0.2) is 26.3 Å². The molecule has 2 amide bonds. The number of aromatic nitrogens is 2. The third-order valence-electron chi connectivity index (χ3n) is 2.75. The van der Waals surface area contributed by atoms with E-state index in [-0.39, 0.29) is 23.8 Å². The van der Waals surface area contributed by atoms with Crippen LogP contribution in [0, 0.1) is 5.41 Å². The zero-order chi connectivity index (χ0) is 12.6.